The summed E-state index contributed by atoms with van der Waals surface area (Å²) >= 11 is 2.25. The van der Waals surface area contributed by atoms with Gasteiger partial charge in [0.25, 0.3) is 0 Å². The molecular weight excluding hydrogens is 379 g/mol. The number of carbonyl (C=O) groups excluding carboxylic acids is 1. The molecule has 0 spiro atoms. The van der Waals surface area contributed by atoms with Gasteiger partial charge in [-0.15, -0.1) is 0 Å². The van der Waals surface area contributed by atoms with Gasteiger partial charge < -0.3 is 15.8 Å². The molecule has 5 heteroatoms. The van der Waals surface area contributed by atoms with Gasteiger partial charge >= 0.3 is 0 Å². The van der Waals surface area contributed by atoms with Crippen molar-refractivity contribution in [2.45, 2.75) is 12.8 Å². The Morgan fingerprint density at radius 3 is 2.67 bits per heavy atom. The van der Waals surface area contributed by atoms with Crippen molar-refractivity contribution in [2.75, 3.05) is 17.7 Å². The Morgan fingerprint density at radius 2 is 1.95 bits per heavy atom. The monoisotopic (exact) mass is 396 g/mol. The fourth-order valence-electron chi connectivity index (χ4n) is 1.79. The van der Waals surface area contributed by atoms with E-state index in [1.807, 2.05) is 36.4 Å². The summed E-state index contributed by atoms with van der Waals surface area (Å²) in [5.74, 6) is 0.790. The van der Waals surface area contributed by atoms with E-state index in [-0.39, 0.29) is 5.91 Å². The van der Waals surface area contributed by atoms with Crippen LogP contribution in [0.1, 0.15) is 12.8 Å². The van der Waals surface area contributed by atoms with Gasteiger partial charge in [0.1, 0.15) is 5.75 Å². The molecular formula is C16H17IN2O2. The molecule has 0 saturated heterocycles. The number of rotatable bonds is 6. The van der Waals surface area contributed by atoms with Crippen molar-refractivity contribution in [2.24, 2.45) is 0 Å². The lowest BCUT2D eigenvalue weighted by Crippen LogP contribution is -2.12. The fourth-order valence-corrected chi connectivity index (χ4v) is 2.15. The zero-order valence-electron chi connectivity index (χ0n) is 11.5. The molecule has 0 radical (unpaired) electrons. The molecule has 110 valence electrons. The van der Waals surface area contributed by atoms with Crippen molar-refractivity contribution in [1.82, 2.24) is 0 Å². The largest absolute Gasteiger partial charge is 0.494 e. The van der Waals surface area contributed by atoms with Gasteiger partial charge in [-0.2, -0.15) is 0 Å². The number of amides is 1. The van der Waals surface area contributed by atoms with Crippen LogP contribution in [0.15, 0.2) is 48.5 Å². The summed E-state index contributed by atoms with van der Waals surface area (Å²) in [6.07, 6.45) is 1.08. The third-order valence-corrected chi connectivity index (χ3v) is 3.52. The van der Waals surface area contributed by atoms with Crippen LogP contribution in [0.25, 0.3) is 0 Å². The number of benzene rings is 2. The number of halogens is 1. The number of carbonyl (C=O) groups is 1. The molecule has 0 aliphatic rings. The van der Waals surface area contributed by atoms with E-state index in [1.165, 1.54) is 3.57 Å². The van der Waals surface area contributed by atoms with Gasteiger partial charge in [-0.1, -0.05) is 6.07 Å². The minimum atomic E-state index is -0.0354. The van der Waals surface area contributed by atoms with E-state index in [1.54, 1.807) is 12.1 Å². The molecule has 0 fully saturated rings. The van der Waals surface area contributed by atoms with Crippen molar-refractivity contribution in [3.05, 3.63) is 52.1 Å². The smallest absolute Gasteiger partial charge is 0.224 e. The molecule has 0 heterocycles. The van der Waals surface area contributed by atoms with Crippen LogP contribution >= 0.6 is 22.6 Å². The maximum atomic E-state index is 11.8. The quantitative estimate of drug-likeness (QED) is 0.445. The average molecular weight is 396 g/mol. The molecule has 0 aromatic heterocycles. The van der Waals surface area contributed by atoms with E-state index in [9.17, 15) is 4.79 Å². The minimum Gasteiger partial charge on any atom is -0.494 e. The Morgan fingerprint density at radius 1 is 1.19 bits per heavy atom. The van der Waals surface area contributed by atoms with Gasteiger partial charge in [-0.25, -0.2) is 0 Å². The lowest BCUT2D eigenvalue weighted by molar-refractivity contribution is -0.116. The van der Waals surface area contributed by atoms with Crippen LogP contribution in [0.3, 0.4) is 0 Å². The summed E-state index contributed by atoms with van der Waals surface area (Å²) in [4.78, 5) is 11.8. The second kappa shape index (κ2) is 7.87. The summed E-state index contributed by atoms with van der Waals surface area (Å²) in [6.45, 7) is 0.519. The number of anilines is 2. The van der Waals surface area contributed by atoms with Crippen molar-refractivity contribution < 1.29 is 9.53 Å². The Kier molecular flexibility index (Phi) is 5.86. The molecule has 2 aromatic rings. The van der Waals surface area contributed by atoms with Gasteiger partial charge in [0.15, 0.2) is 0 Å². The summed E-state index contributed by atoms with van der Waals surface area (Å²) in [7, 11) is 0. The van der Waals surface area contributed by atoms with Crippen LogP contribution in [-0.4, -0.2) is 12.5 Å². The number of ether oxygens (including phenoxy) is 1. The maximum Gasteiger partial charge on any atom is 0.224 e. The number of nitrogens with two attached hydrogens (primary N) is 1. The highest BCUT2D eigenvalue weighted by atomic mass is 127. The highest BCUT2D eigenvalue weighted by Crippen LogP contribution is 2.14. The molecule has 2 rings (SSSR count). The molecule has 0 atom stereocenters. The molecule has 0 aliphatic carbocycles. The predicted molar refractivity (Wildman–Crippen MR) is 93.4 cm³/mol. The number of nitrogens with one attached hydrogen (secondary N) is 1. The van der Waals surface area contributed by atoms with Gasteiger partial charge in [0, 0.05) is 21.4 Å². The molecule has 0 saturated carbocycles. The molecule has 4 nitrogen and oxygen atoms in total. The lowest BCUT2D eigenvalue weighted by atomic mass is 10.2. The van der Waals surface area contributed by atoms with Gasteiger partial charge in [0.05, 0.1) is 6.61 Å². The van der Waals surface area contributed by atoms with E-state index in [4.69, 9.17) is 10.5 Å². The van der Waals surface area contributed by atoms with Crippen molar-refractivity contribution >= 4 is 39.9 Å². The van der Waals surface area contributed by atoms with Gasteiger partial charge in [-0.3, -0.25) is 4.79 Å². The SMILES string of the molecule is Nc1cccc(NC(=O)CCCOc2ccc(I)cc2)c1. The minimum absolute atomic E-state index is 0.0354. The zero-order chi connectivity index (χ0) is 15.1. The Labute approximate surface area is 137 Å². The Balaban J connectivity index is 1.68. The van der Waals surface area contributed by atoms with Crippen molar-refractivity contribution in [3.8, 4) is 5.75 Å². The number of hydrogen-bond acceptors (Lipinski definition) is 3. The summed E-state index contributed by atoms with van der Waals surface area (Å²) in [5, 5.41) is 2.81. The third-order valence-electron chi connectivity index (χ3n) is 2.80. The maximum absolute atomic E-state index is 11.8. The average Bonchev–Trinajstić information content (AvgIpc) is 2.45. The lowest BCUT2D eigenvalue weighted by Gasteiger charge is -2.07. The van der Waals surface area contributed by atoms with Crippen LogP contribution in [0, 0.1) is 3.57 Å². The topological polar surface area (TPSA) is 64.3 Å². The second-order valence-electron chi connectivity index (χ2n) is 4.58. The normalized spacial score (nSPS) is 10.1. The first-order chi connectivity index (χ1) is 10.1. The third kappa shape index (κ3) is 5.63. The number of nitrogen functional groups attached to an aromatic ring is 1. The first-order valence-corrected chi connectivity index (χ1v) is 7.75. The second-order valence-corrected chi connectivity index (χ2v) is 5.83. The molecule has 0 unspecified atom stereocenters. The summed E-state index contributed by atoms with van der Waals surface area (Å²) < 4.78 is 6.75. The van der Waals surface area contributed by atoms with E-state index in [0.717, 1.165) is 11.4 Å². The summed E-state index contributed by atoms with van der Waals surface area (Å²) in [6, 6.07) is 15.0. The predicted octanol–water partition coefficient (Wildman–Crippen LogP) is 3.67. The molecule has 3 N–H and O–H groups in total. The van der Waals surface area contributed by atoms with Crippen molar-refractivity contribution in [3.63, 3.8) is 0 Å². The number of hydrogen-bond donors (Lipinski definition) is 2. The molecule has 1 amide bonds. The zero-order valence-corrected chi connectivity index (χ0v) is 13.7. The molecule has 2 aromatic carbocycles. The first kappa shape index (κ1) is 15.6. The highest BCUT2D eigenvalue weighted by molar-refractivity contribution is 14.1. The van der Waals surface area contributed by atoms with E-state index in [0.29, 0.717) is 25.1 Å². The van der Waals surface area contributed by atoms with Crippen LogP contribution < -0.4 is 15.8 Å². The van der Waals surface area contributed by atoms with Crippen LogP contribution in [0.5, 0.6) is 5.75 Å². The van der Waals surface area contributed by atoms with E-state index >= 15 is 0 Å². The highest BCUT2D eigenvalue weighted by Gasteiger charge is 2.03. The Bertz CT molecular complexity index is 599. The van der Waals surface area contributed by atoms with E-state index in [2.05, 4.69) is 27.9 Å². The molecule has 0 bridgehead atoms. The first-order valence-electron chi connectivity index (χ1n) is 6.67. The van der Waals surface area contributed by atoms with Crippen LogP contribution in [-0.2, 0) is 4.79 Å². The molecule has 21 heavy (non-hydrogen) atoms. The van der Waals surface area contributed by atoms with Crippen LogP contribution in [0.4, 0.5) is 11.4 Å². The standard InChI is InChI=1S/C16H17IN2O2/c17-12-6-8-15(9-7-12)21-10-2-5-16(20)19-14-4-1-3-13(18)11-14/h1,3-4,6-9,11H,2,5,10,18H2,(H,19,20). The molecule has 0 aliphatic heterocycles. The van der Waals surface area contributed by atoms with Crippen LogP contribution in [0.2, 0.25) is 0 Å². The summed E-state index contributed by atoms with van der Waals surface area (Å²) in [5.41, 5.74) is 7.01. The van der Waals surface area contributed by atoms with E-state index < -0.39 is 0 Å². The van der Waals surface area contributed by atoms with Crippen molar-refractivity contribution in [1.29, 1.82) is 0 Å². The Hall–Kier alpha value is -1.76. The van der Waals surface area contributed by atoms with Gasteiger partial charge in [-0.05, 0) is 71.5 Å². The fraction of sp³-hybridized carbons (Fsp3) is 0.188. The van der Waals surface area contributed by atoms with Gasteiger partial charge in [0.2, 0.25) is 5.91 Å².